The van der Waals surface area contributed by atoms with Crippen LogP contribution in [0.1, 0.15) is 22.6 Å². The topological polar surface area (TPSA) is 59.9 Å². The molecular weight excluding hydrogens is 282 g/mol. The van der Waals surface area contributed by atoms with Crippen LogP contribution in [0.15, 0.2) is 12.4 Å². The Balaban J connectivity index is 2.93. The Morgan fingerprint density at radius 1 is 1.05 bits per heavy atom. The second-order valence-electron chi connectivity index (χ2n) is 3.31. The van der Waals surface area contributed by atoms with Crippen molar-refractivity contribution in [2.24, 2.45) is 0 Å². The highest BCUT2D eigenvalue weighted by Gasteiger charge is 2.40. The molecule has 104 valence electrons. The third-order valence-corrected chi connectivity index (χ3v) is 1.88. The third-order valence-electron chi connectivity index (χ3n) is 1.88. The van der Waals surface area contributed by atoms with E-state index in [2.05, 4.69) is 9.97 Å². The highest BCUT2D eigenvalue weighted by Crippen LogP contribution is 2.27. The molecule has 1 heterocycles. The van der Waals surface area contributed by atoms with Crippen LogP contribution < -0.4 is 0 Å². The molecule has 1 aromatic rings. The maximum Gasteiger partial charge on any atom is 0.450 e. The number of Topliss-reactive ketones (excluding diaryl/α,β-unsaturated/α-hetero) is 2. The minimum atomic E-state index is -5.23. The molecule has 0 amide bonds. The normalized spacial score (nSPS) is 12.3. The number of carbonyl (C=O) groups is 2. The van der Waals surface area contributed by atoms with Crippen LogP contribution >= 0.6 is 0 Å². The van der Waals surface area contributed by atoms with Crippen molar-refractivity contribution in [2.45, 2.75) is 18.8 Å². The lowest BCUT2D eigenvalue weighted by molar-refractivity contribution is -0.170. The molecule has 19 heavy (non-hydrogen) atoms. The number of hydrogen-bond acceptors (Lipinski definition) is 4. The van der Waals surface area contributed by atoms with Crippen molar-refractivity contribution in [1.29, 1.82) is 0 Å². The second kappa shape index (κ2) is 4.94. The number of alkyl halides is 6. The lowest BCUT2D eigenvalue weighted by Gasteiger charge is -2.07. The molecule has 0 unspecified atom stereocenters. The fourth-order valence-corrected chi connectivity index (χ4v) is 1.00. The van der Waals surface area contributed by atoms with Gasteiger partial charge in [0.2, 0.25) is 5.78 Å². The van der Waals surface area contributed by atoms with E-state index in [0.717, 1.165) is 0 Å². The molecule has 1 rings (SSSR count). The predicted molar refractivity (Wildman–Crippen MR) is 47.0 cm³/mol. The number of carbonyl (C=O) groups excluding carboxylic acids is 2. The van der Waals surface area contributed by atoms with Crippen molar-refractivity contribution in [3.8, 4) is 0 Å². The van der Waals surface area contributed by atoms with Crippen molar-refractivity contribution < 1.29 is 35.9 Å². The molecule has 0 aliphatic carbocycles. The van der Waals surface area contributed by atoms with Gasteiger partial charge in [0.1, 0.15) is 17.7 Å². The minimum Gasteiger partial charge on any atom is -0.292 e. The van der Waals surface area contributed by atoms with Crippen molar-refractivity contribution in [2.75, 3.05) is 0 Å². The van der Waals surface area contributed by atoms with Gasteiger partial charge >= 0.3 is 12.4 Å². The van der Waals surface area contributed by atoms with Gasteiger partial charge in [0, 0.05) is 0 Å². The number of aromatic nitrogens is 2. The molecule has 0 bridgehead atoms. The first-order chi connectivity index (χ1) is 8.51. The van der Waals surface area contributed by atoms with Crippen LogP contribution in [0.3, 0.4) is 0 Å². The lowest BCUT2D eigenvalue weighted by atomic mass is 10.1. The van der Waals surface area contributed by atoms with Gasteiger partial charge in [-0.15, -0.1) is 0 Å². The molecule has 0 aliphatic rings. The molecule has 1 aromatic heterocycles. The summed E-state index contributed by atoms with van der Waals surface area (Å²) in [6.07, 6.45) is -11.3. The monoisotopic (exact) mass is 286 g/mol. The van der Waals surface area contributed by atoms with Crippen LogP contribution in [0, 0.1) is 0 Å². The van der Waals surface area contributed by atoms with Gasteiger partial charge in [-0.1, -0.05) is 0 Å². The second-order valence-corrected chi connectivity index (χ2v) is 3.31. The summed E-state index contributed by atoms with van der Waals surface area (Å²) in [5, 5.41) is 0. The zero-order valence-electron chi connectivity index (χ0n) is 8.84. The van der Waals surface area contributed by atoms with E-state index in [1.807, 2.05) is 0 Å². The van der Waals surface area contributed by atoms with Gasteiger partial charge in [-0.3, -0.25) is 9.59 Å². The van der Waals surface area contributed by atoms with E-state index in [-0.39, 0.29) is 6.07 Å². The van der Waals surface area contributed by atoms with E-state index in [1.165, 1.54) is 0 Å². The zero-order chi connectivity index (χ0) is 14.8. The van der Waals surface area contributed by atoms with Crippen LogP contribution in [-0.4, -0.2) is 27.7 Å². The predicted octanol–water partition coefficient (Wildman–Crippen LogP) is 2.20. The van der Waals surface area contributed by atoms with Crippen LogP contribution in [0.25, 0.3) is 0 Å². The molecular formula is C9H4F6N2O2. The smallest absolute Gasteiger partial charge is 0.292 e. The molecule has 0 spiro atoms. The van der Waals surface area contributed by atoms with E-state index in [9.17, 15) is 35.9 Å². The number of nitrogens with zero attached hydrogens (tertiary/aromatic N) is 2. The Hall–Kier alpha value is -2.00. The quantitative estimate of drug-likeness (QED) is 0.485. The minimum absolute atomic E-state index is 0.186. The van der Waals surface area contributed by atoms with Crippen LogP contribution in [0.4, 0.5) is 26.3 Å². The molecule has 0 N–H and O–H groups in total. The van der Waals surface area contributed by atoms with Crippen molar-refractivity contribution in [3.63, 3.8) is 0 Å². The lowest BCUT2D eigenvalue weighted by Crippen LogP contribution is -2.25. The summed E-state index contributed by atoms with van der Waals surface area (Å²) in [5.41, 5.74) is -2.38. The number of hydrogen-bond donors (Lipinski definition) is 0. The largest absolute Gasteiger partial charge is 0.450 e. The van der Waals surface area contributed by atoms with E-state index >= 15 is 0 Å². The Kier molecular flexibility index (Phi) is 3.91. The van der Waals surface area contributed by atoms with Crippen LogP contribution in [0.2, 0.25) is 0 Å². The van der Waals surface area contributed by atoms with Gasteiger partial charge in [-0.25, -0.2) is 9.97 Å². The maximum absolute atomic E-state index is 12.2. The Morgan fingerprint density at radius 2 is 1.63 bits per heavy atom. The molecule has 0 atom stereocenters. The van der Waals surface area contributed by atoms with Crippen LogP contribution in [-0.2, 0) is 11.0 Å². The molecule has 4 nitrogen and oxygen atoms in total. The van der Waals surface area contributed by atoms with Crippen LogP contribution in [0.5, 0.6) is 0 Å². The number of rotatable bonds is 3. The Morgan fingerprint density at radius 3 is 2.11 bits per heavy atom. The van der Waals surface area contributed by atoms with Crippen molar-refractivity contribution in [3.05, 3.63) is 23.8 Å². The Bertz CT molecular complexity index is 508. The molecule has 0 aromatic carbocycles. The van der Waals surface area contributed by atoms with Gasteiger partial charge in [0.25, 0.3) is 0 Å². The van der Waals surface area contributed by atoms with Gasteiger partial charge in [-0.2, -0.15) is 26.3 Å². The van der Waals surface area contributed by atoms with Gasteiger partial charge < -0.3 is 0 Å². The summed E-state index contributed by atoms with van der Waals surface area (Å²) in [6, 6.07) is 0.186. The van der Waals surface area contributed by atoms with Gasteiger partial charge in [-0.05, 0) is 6.07 Å². The highest BCUT2D eigenvalue weighted by molar-refractivity contribution is 6.08. The number of halogens is 6. The first-order valence-corrected chi connectivity index (χ1v) is 4.54. The van der Waals surface area contributed by atoms with E-state index in [0.29, 0.717) is 6.33 Å². The summed E-state index contributed by atoms with van der Waals surface area (Å²) in [5.74, 6) is -3.82. The van der Waals surface area contributed by atoms with E-state index in [4.69, 9.17) is 0 Å². The molecule has 0 saturated heterocycles. The summed E-state index contributed by atoms with van der Waals surface area (Å²) in [6.45, 7) is 0. The van der Waals surface area contributed by atoms with Gasteiger partial charge in [0.05, 0.1) is 6.42 Å². The van der Waals surface area contributed by atoms with Crippen molar-refractivity contribution >= 4 is 11.6 Å². The first kappa shape index (κ1) is 15.1. The fraction of sp³-hybridized carbons (Fsp3) is 0.333. The van der Waals surface area contributed by atoms with Crippen molar-refractivity contribution in [1.82, 2.24) is 9.97 Å². The molecule has 0 radical (unpaired) electrons. The third kappa shape index (κ3) is 4.00. The Labute approximate surface area is 101 Å². The number of ketones is 2. The standard InChI is InChI=1S/C9H4F6N2O2/c10-8(11,12)6-1-4(16-3-17-6)5(18)2-7(19)9(13,14)15/h1,3H,2H2. The molecule has 0 saturated carbocycles. The average Bonchev–Trinajstić information content (AvgIpc) is 2.26. The SMILES string of the molecule is O=C(CC(=O)C(F)(F)F)c1cc(C(F)(F)F)ncn1. The molecule has 0 fully saturated rings. The molecule has 10 heteroatoms. The maximum atomic E-state index is 12.2. The average molecular weight is 286 g/mol. The van der Waals surface area contributed by atoms with Gasteiger partial charge in [0.15, 0.2) is 5.78 Å². The summed E-state index contributed by atoms with van der Waals surface area (Å²) < 4.78 is 72.3. The van der Waals surface area contributed by atoms with E-state index in [1.54, 1.807) is 0 Å². The van der Waals surface area contributed by atoms with E-state index < -0.39 is 41.7 Å². The summed E-state index contributed by atoms with van der Waals surface area (Å²) in [7, 11) is 0. The first-order valence-electron chi connectivity index (χ1n) is 4.54. The fourth-order valence-electron chi connectivity index (χ4n) is 1.00. The highest BCUT2D eigenvalue weighted by atomic mass is 19.4. The summed E-state index contributed by atoms with van der Waals surface area (Å²) >= 11 is 0. The molecule has 0 aliphatic heterocycles. The zero-order valence-corrected chi connectivity index (χ0v) is 8.84. The summed E-state index contributed by atoms with van der Waals surface area (Å²) in [4.78, 5) is 27.7.